The van der Waals surface area contributed by atoms with E-state index in [2.05, 4.69) is 32.9 Å². The molecule has 0 radical (unpaired) electrons. The molecular formula is C15H23N5O. The summed E-state index contributed by atoms with van der Waals surface area (Å²) in [5.74, 6) is 0.387. The number of hydrogen-bond acceptors (Lipinski definition) is 4. The second-order valence-corrected chi connectivity index (χ2v) is 5.71. The van der Waals surface area contributed by atoms with Gasteiger partial charge < -0.3 is 4.74 Å². The molecule has 0 unspecified atom stereocenters. The number of aryl methyl sites for hydroxylation is 2. The van der Waals surface area contributed by atoms with Gasteiger partial charge in [-0.25, -0.2) is 0 Å². The monoisotopic (exact) mass is 289 g/mol. The third kappa shape index (κ3) is 2.87. The van der Waals surface area contributed by atoms with Gasteiger partial charge in [-0.1, -0.05) is 0 Å². The molecule has 0 N–H and O–H groups in total. The minimum Gasteiger partial charge on any atom is -0.384 e. The normalized spacial score (nSPS) is 18.9. The Morgan fingerprint density at radius 1 is 1.33 bits per heavy atom. The number of ether oxygens (including phenoxy) is 1. The molecule has 0 fully saturated rings. The average molecular weight is 289 g/mol. The van der Waals surface area contributed by atoms with E-state index in [0.29, 0.717) is 5.92 Å². The lowest BCUT2D eigenvalue weighted by molar-refractivity contribution is 0.132. The Morgan fingerprint density at radius 2 is 2.19 bits per heavy atom. The highest BCUT2D eigenvalue weighted by Gasteiger charge is 2.29. The van der Waals surface area contributed by atoms with Gasteiger partial charge in [-0.15, -0.1) is 0 Å². The van der Waals surface area contributed by atoms with Crippen molar-refractivity contribution in [2.24, 2.45) is 7.05 Å². The molecule has 0 saturated carbocycles. The Hall–Kier alpha value is -1.66. The SMILES string of the molecule is CCn1ncc2c1[C@@H](COC)CN(Cc1cnn(C)c1)C2. The van der Waals surface area contributed by atoms with Crippen LogP contribution in [0.15, 0.2) is 18.6 Å². The van der Waals surface area contributed by atoms with Crippen LogP contribution < -0.4 is 0 Å². The molecule has 0 spiro atoms. The van der Waals surface area contributed by atoms with Gasteiger partial charge in [0.1, 0.15) is 0 Å². The van der Waals surface area contributed by atoms with E-state index in [1.807, 2.05) is 24.1 Å². The highest BCUT2D eigenvalue weighted by molar-refractivity contribution is 5.26. The van der Waals surface area contributed by atoms with Crippen LogP contribution in [0, 0.1) is 0 Å². The Labute approximate surface area is 125 Å². The second kappa shape index (κ2) is 5.99. The molecular weight excluding hydrogens is 266 g/mol. The quantitative estimate of drug-likeness (QED) is 0.834. The molecule has 6 nitrogen and oxygen atoms in total. The number of aromatic nitrogens is 4. The summed E-state index contributed by atoms with van der Waals surface area (Å²) in [6, 6.07) is 0. The zero-order valence-electron chi connectivity index (χ0n) is 13.0. The van der Waals surface area contributed by atoms with E-state index in [1.54, 1.807) is 7.11 Å². The van der Waals surface area contributed by atoms with Crippen molar-refractivity contribution in [2.75, 3.05) is 20.3 Å². The van der Waals surface area contributed by atoms with Crippen molar-refractivity contribution in [3.8, 4) is 0 Å². The van der Waals surface area contributed by atoms with Gasteiger partial charge in [0.15, 0.2) is 0 Å². The standard InChI is InChI=1S/C15H23N5O/c1-4-20-15-13(6-17-20)9-19(10-14(15)11-21-3)8-12-5-16-18(2)7-12/h5-7,14H,4,8-11H2,1-3H3/t14-/m1/s1. The molecule has 2 aromatic rings. The Bertz CT molecular complexity index is 603. The maximum Gasteiger partial charge on any atom is 0.0558 e. The molecule has 114 valence electrons. The van der Waals surface area contributed by atoms with Crippen molar-refractivity contribution in [1.82, 2.24) is 24.5 Å². The number of nitrogens with zero attached hydrogens (tertiary/aromatic N) is 5. The van der Waals surface area contributed by atoms with E-state index in [0.717, 1.165) is 32.8 Å². The maximum absolute atomic E-state index is 5.43. The summed E-state index contributed by atoms with van der Waals surface area (Å²) in [6.07, 6.45) is 6.03. The van der Waals surface area contributed by atoms with Crippen LogP contribution in [0.5, 0.6) is 0 Å². The number of rotatable bonds is 5. The predicted molar refractivity (Wildman–Crippen MR) is 79.8 cm³/mol. The number of fused-ring (bicyclic) bond motifs is 1. The second-order valence-electron chi connectivity index (χ2n) is 5.71. The van der Waals surface area contributed by atoms with E-state index in [9.17, 15) is 0 Å². The molecule has 0 bridgehead atoms. The van der Waals surface area contributed by atoms with Crippen molar-refractivity contribution in [3.05, 3.63) is 35.4 Å². The van der Waals surface area contributed by atoms with E-state index >= 15 is 0 Å². The first kappa shape index (κ1) is 14.3. The fraction of sp³-hybridized carbons (Fsp3) is 0.600. The molecule has 6 heteroatoms. The molecule has 0 amide bonds. The first-order valence-corrected chi connectivity index (χ1v) is 7.44. The zero-order chi connectivity index (χ0) is 14.8. The highest BCUT2D eigenvalue weighted by Crippen LogP contribution is 2.29. The number of methoxy groups -OCH3 is 1. The van der Waals surface area contributed by atoms with Crippen LogP contribution in [-0.2, 0) is 31.4 Å². The molecule has 0 aromatic carbocycles. The molecule has 21 heavy (non-hydrogen) atoms. The van der Waals surface area contributed by atoms with Crippen molar-refractivity contribution in [1.29, 1.82) is 0 Å². The van der Waals surface area contributed by atoms with Crippen molar-refractivity contribution in [3.63, 3.8) is 0 Å². The summed E-state index contributed by atoms with van der Waals surface area (Å²) in [6.45, 7) is 6.66. The zero-order valence-corrected chi connectivity index (χ0v) is 13.0. The third-order valence-electron chi connectivity index (χ3n) is 4.05. The lowest BCUT2D eigenvalue weighted by Gasteiger charge is -2.32. The van der Waals surface area contributed by atoms with Crippen molar-refractivity contribution >= 4 is 0 Å². The van der Waals surface area contributed by atoms with E-state index in [4.69, 9.17) is 4.74 Å². The number of hydrogen-bond donors (Lipinski definition) is 0. The predicted octanol–water partition coefficient (Wildman–Crippen LogP) is 1.38. The van der Waals surface area contributed by atoms with Crippen LogP contribution >= 0.6 is 0 Å². The molecule has 1 aliphatic rings. The van der Waals surface area contributed by atoms with Crippen LogP contribution in [0.4, 0.5) is 0 Å². The van der Waals surface area contributed by atoms with Gasteiger partial charge in [0, 0.05) is 69.3 Å². The molecule has 3 heterocycles. The minimum atomic E-state index is 0.387. The van der Waals surface area contributed by atoms with E-state index in [-0.39, 0.29) is 0 Å². The first-order chi connectivity index (χ1) is 10.2. The third-order valence-corrected chi connectivity index (χ3v) is 4.05. The Kier molecular flexibility index (Phi) is 4.07. The molecule has 3 rings (SSSR count). The lowest BCUT2D eigenvalue weighted by atomic mass is 9.96. The summed E-state index contributed by atoms with van der Waals surface area (Å²) in [7, 11) is 3.73. The van der Waals surface area contributed by atoms with Gasteiger partial charge in [0.05, 0.1) is 19.0 Å². The Balaban J connectivity index is 1.80. The molecule has 2 aromatic heterocycles. The van der Waals surface area contributed by atoms with Crippen LogP contribution in [0.3, 0.4) is 0 Å². The summed E-state index contributed by atoms with van der Waals surface area (Å²) in [5.41, 5.74) is 3.93. The van der Waals surface area contributed by atoms with E-state index in [1.165, 1.54) is 16.8 Å². The minimum absolute atomic E-state index is 0.387. The van der Waals surface area contributed by atoms with Gasteiger partial charge in [0.25, 0.3) is 0 Å². The average Bonchev–Trinajstić information content (AvgIpc) is 3.05. The molecule has 1 aliphatic heterocycles. The highest BCUT2D eigenvalue weighted by atomic mass is 16.5. The van der Waals surface area contributed by atoms with Crippen LogP contribution in [-0.4, -0.2) is 44.7 Å². The first-order valence-electron chi connectivity index (χ1n) is 7.44. The summed E-state index contributed by atoms with van der Waals surface area (Å²) >= 11 is 0. The van der Waals surface area contributed by atoms with Crippen LogP contribution in [0.1, 0.15) is 29.7 Å². The van der Waals surface area contributed by atoms with Gasteiger partial charge in [-0.2, -0.15) is 10.2 Å². The Morgan fingerprint density at radius 3 is 2.86 bits per heavy atom. The van der Waals surface area contributed by atoms with Gasteiger partial charge >= 0.3 is 0 Å². The molecule has 0 saturated heterocycles. The maximum atomic E-state index is 5.43. The van der Waals surface area contributed by atoms with Crippen molar-refractivity contribution in [2.45, 2.75) is 32.5 Å². The smallest absolute Gasteiger partial charge is 0.0558 e. The van der Waals surface area contributed by atoms with Gasteiger partial charge in [0.2, 0.25) is 0 Å². The van der Waals surface area contributed by atoms with Gasteiger partial charge in [-0.3, -0.25) is 14.3 Å². The molecule has 0 aliphatic carbocycles. The lowest BCUT2D eigenvalue weighted by Crippen LogP contribution is -2.35. The van der Waals surface area contributed by atoms with Crippen molar-refractivity contribution < 1.29 is 4.74 Å². The topological polar surface area (TPSA) is 48.1 Å². The molecule has 1 atom stereocenters. The summed E-state index contributed by atoms with van der Waals surface area (Å²) < 4.78 is 9.39. The van der Waals surface area contributed by atoms with Crippen LogP contribution in [0.25, 0.3) is 0 Å². The van der Waals surface area contributed by atoms with E-state index < -0.39 is 0 Å². The summed E-state index contributed by atoms with van der Waals surface area (Å²) in [4.78, 5) is 2.45. The fourth-order valence-corrected chi connectivity index (χ4v) is 3.25. The summed E-state index contributed by atoms with van der Waals surface area (Å²) in [5, 5.41) is 8.76. The largest absolute Gasteiger partial charge is 0.384 e. The van der Waals surface area contributed by atoms with Crippen LogP contribution in [0.2, 0.25) is 0 Å². The van der Waals surface area contributed by atoms with Gasteiger partial charge in [-0.05, 0) is 6.92 Å². The fourth-order valence-electron chi connectivity index (χ4n) is 3.25.